The normalized spacial score (nSPS) is 13.3. The van der Waals surface area contributed by atoms with E-state index in [2.05, 4.69) is 31.4 Å². The fraction of sp³-hybridized carbons (Fsp3) is 0.917. The highest BCUT2D eigenvalue weighted by molar-refractivity contribution is 5.76. The van der Waals surface area contributed by atoms with Crippen LogP contribution >= 0.6 is 0 Å². The fourth-order valence-corrected chi connectivity index (χ4v) is 1.16. The summed E-state index contributed by atoms with van der Waals surface area (Å²) in [6, 6.07) is 0.243. The Kier molecular flexibility index (Phi) is 7.39. The number of carbonyl (C=O) groups excluding carboxylic acids is 1. The molecule has 0 bridgehead atoms. The summed E-state index contributed by atoms with van der Waals surface area (Å²) in [6.45, 7) is 12.4. The Bertz CT molecular complexity index is 178. The molecule has 0 radical (unpaired) electrons. The Morgan fingerprint density at radius 3 is 2.20 bits per heavy atom. The summed E-state index contributed by atoms with van der Waals surface area (Å²) in [5.41, 5.74) is 0. The smallest absolute Gasteiger partial charge is 0.221 e. The predicted molar refractivity (Wildman–Crippen MR) is 64.8 cm³/mol. The topological polar surface area (TPSA) is 41.1 Å². The maximum Gasteiger partial charge on any atom is 0.221 e. The van der Waals surface area contributed by atoms with Crippen LogP contribution < -0.4 is 10.6 Å². The van der Waals surface area contributed by atoms with Gasteiger partial charge in [-0.2, -0.15) is 0 Å². The molecule has 0 heterocycles. The Morgan fingerprint density at radius 2 is 1.73 bits per heavy atom. The third kappa shape index (κ3) is 8.43. The van der Waals surface area contributed by atoms with Crippen LogP contribution in [0.15, 0.2) is 0 Å². The van der Waals surface area contributed by atoms with Crippen LogP contribution in [0.1, 0.15) is 41.0 Å². The van der Waals surface area contributed by atoms with E-state index in [0.717, 1.165) is 13.1 Å². The molecule has 0 aromatic carbocycles. The minimum Gasteiger partial charge on any atom is -0.354 e. The van der Waals surface area contributed by atoms with Gasteiger partial charge in [-0.15, -0.1) is 0 Å². The van der Waals surface area contributed by atoms with Gasteiger partial charge in [0.1, 0.15) is 0 Å². The van der Waals surface area contributed by atoms with Crippen LogP contribution in [0.25, 0.3) is 0 Å². The average molecular weight is 214 g/mol. The monoisotopic (exact) mass is 214 g/mol. The molecule has 0 fully saturated rings. The Morgan fingerprint density at radius 1 is 1.13 bits per heavy atom. The van der Waals surface area contributed by atoms with Crippen molar-refractivity contribution in [3.05, 3.63) is 0 Å². The molecule has 0 rings (SSSR count). The molecule has 0 aliphatic rings. The highest BCUT2D eigenvalue weighted by Gasteiger charge is 2.07. The van der Waals surface area contributed by atoms with Crippen molar-refractivity contribution in [2.45, 2.75) is 47.1 Å². The molecule has 0 aliphatic heterocycles. The van der Waals surface area contributed by atoms with E-state index in [-0.39, 0.29) is 11.9 Å². The van der Waals surface area contributed by atoms with Crippen LogP contribution in [0.4, 0.5) is 0 Å². The molecule has 3 nitrogen and oxygen atoms in total. The largest absolute Gasteiger partial charge is 0.354 e. The van der Waals surface area contributed by atoms with Gasteiger partial charge in [0.15, 0.2) is 0 Å². The van der Waals surface area contributed by atoms with E-state index in [9.17, 15) is 4.79 Å². The second-order valence-electron chi connectivity index (χ2n) is 4.90. The molecule has 0 spiro atoms. The lowest BCUT2D eigenvalue weighted by Gasteiger charge is -2.16. The molecule has 1 amide bonds. The van der Waals surface area contributed by atoms with Gasteiger partial charge in [-0.1, -0.05) is 20.8 Å². The van der Waals surface area contributed by atoms with Crippen molar-refractivity contribution < 1.29 is 4.79 Å². The van der Waals surface area contributed by atoms with Crippen molar-refractivity contribution in [1.29, 1.82) is 0 Å². The minimum absolute atomic E-state index is 0.134. The first-order chi connectivity index (χ1) is 6.93. The summed E-state index contributed by atoms with van der Waals surface area (Å²) >= 11 is 0. The quantitative estimate of drug-likeness (QED) is 0.634. The van der Waals surface area contributed by atoms with Crippen LogP contribution in [0.3, 0.4) is 0 Å². The van der Waals surface area contributed by atoms with E-state index in [4.69, 9.17) is 0 Å². The van der Waals surface area contributed by atoms with Crippen molar-refractivity contribution in [2.75, 3.05) is 13.1 Å². The summed E-state index contributed by atoms with van der Waals surface area (Å²) < 4.78 is 0. The molecule has 0 aromatic rings. The Balaban J connectivity index is 3.42. The van der Waals surface area contributed by atoms with E-state index in [1.807, 2.05) is 13.8 Å². The number of hydrogen-bond donors (Lipinski definition) is 2. The second kappa shape index (κ2) is 7.69. The molecule has 0 saturated carbocycles. The zero-order valence-corrected chi connectivity index (χ0v) is 10.8. The van der Waals surface area contributed by atoms with Crippen LogP contribution in [0.2, 0.25) is 0 Å². The highest BCUT2D eigenvalue weighted by atomic mass is 16.1. The highest BCUT2D eigenvalue weighted by Crippen LogP contribution is 2.07. The molecule has 0 aromatic heterocycles. The van der Waals surface area contributed by atoms with E-state index in [1.54, 1.807) is 0 Å². The van der Waals surface area contributed by atoms with E-state index in [0.29, 0.717) is 18.3 Å². The summed E-state index contributed by atoms with van der Waals surface area (Å²) in [5, 5.41) is 6.18. The molecular weight excluding hydrogens is 188 g/mol. The minimum atomic E-state index is 0.134. The van der Waals surface area contributed by atoms with Gasteiger partial charge in [0.25, 0.3) is 0 Å². The lowest BCUT2D eigenvalue weighted by Crippen LogP contribution is -2.33. The molecular formula is C12H26N2O. The molecule has 2 N–H and O–H groups in total. The first kappa shape index (κ1) is 14.4. The zero-order chi connectivity index (χ0) is 11.8. The number of carbonyl (C=O) groups is 1. The van der Waals surface area contributed by atoms with Crippen LogP contribution in [0, 0.1) is 11.8 Å². The fourth-order valence-electron chi connectivity index (χ4n) is 1.16. The lowest BCUT2D eigenvalue weighted by atomic mass is 9.98. The van der Waals surface area contributed by atoms with Gasteiger partial charge in [0.05, 0.1) is 0 Å². The van der Waals surface area contributed by atoms with Crippen molar-refractivity contribution in [2.24, 2.45) is 11.8 Å². The first-order valence-corrected chi connectivity index (χ1v) is 5.93. The number of hydrogen-bond acceptors (Lipinski definition) is 2. The molecule has 3 heteroatoms. The number of nitrogens with one attached hydrogen (secondary N) is 2. The summed E-state index contributed by atoms with van der Waals surface area (Å²) in [5.74, 6) is 1.50. The zero-order valence-electron chi connectivity index (χ0n) is 10.8. The second-order valence-corrected chi connectivity index (χ2v) is 4.90. The van der Waals surface area contributed by atoms with Crippen LogP contribution in [0.5, 0.6) is 0 Å². The Hall–Kier alpha value is -0.570. The first-order valence-electron chi connectivity index (χ1n) is 5.93. The van der Waals surface area contributed by atoms with Crippen LogP contribution in [-0.2, 0) is 4.79 Å². The third-order valence-electron chi connectivity index (χ3n) is 2.58. The SMILES string of the molecule is CC(C)NC(=O)CCNCC(C)C(C)C. The van der Waals surface area contributed by atoms with Crippen molar-refractivity contribution in [3.8, 4) is 0 Å². The van der Waals surface area contributed by atoms with Gasteiger partial charge in [0.2, 0.25) is 5.91 Å². The van der Waals surface area contributed by atoms with E-state index >= 15 is 0 Å². The molecule has 0 aliphatic carbocycles. The van der Waals surface area contributed by atoms with Crippen LogP contribution in [-0.4, -0.2) is 25.0 Å². The predicted octanol–water partition coefficient (Wildman–Crippen LogP) is 1.78. The van der Waals surface area contributed by atoms with Gasteiger partial charge in [-0.3, -0.25) is 4.79 Å². The summed E-state index contributed by atoms with van der Waals surface area (Å²) in [6.07, 6.45) is 0.572. The Labute approximate surface area is 94.0 Å². The molecule has 1 unspecified atom stereocenters. The summed E-state index contributed by atoms with van der Waals surface area (Å²) in [4.78, 5) is 11.3. The van der Waals surface area contributed by atoms with Crippen molar-refractivity contribution in [1.82, 2.24) is 10.6 Å². The summed E-state index contributed by atoms with van der Waals surface area (Å²) in [7, 11) is 0. The lowest BCUT2D eigenvalue weighted by molar-refractivity contribution is -0.121. The molecule has 15 heavy (non-hydrogen) atoms. The van der Waals surface area contributed by atoms with Gasteiger partial charge in [0, 0.05) is 19.0 Å². The third-order valence-corrected chi connectivity index (χ3v) is 2.58. The van der Waals surface area contributed by atoms with Gasteiger partial charge >= 0.3 is 0 Å². The molecule has 0 saturated heterocycles. The molecule has 90 valence electrons. The maximum absolute atomic E-state index is 11.3. The van der Waals surface area contributed by atoms with Gasteiger partial charge in [-0.25, -0.2) is 0 Å². The van der Waals surface area contributed by atoms with Gasteiger partial charge in [-0.05, 0) is 32.2 Å². The van der Waals surface area contributed by atoms with E-state index in [1.165, 1.54) is 0 Å². The molecule has 1 atom stereocenters. The maximum atomic E-state index is 11.3. The van der Waals surface area contributed by atoms with Crippen molar-refractivity contribution >= 4 is 5.91 Å². The standard InChI is InChI=1S/C12H26N2O/c1-9(2)11(5)8-13-7-6-12(15)14-10(3)4/h9-11,13H,6-8H2,1-5H3,(H,14,15). The number of rotatable bonds is 7. The average Bonchev–Trinajstić information content (AvgIpc) is 2.10. The van der Waals surface area contributed by atoms with E-state index < -0.39 is 0 Å². The van der Waals surface area contributed by atoms with Gasteiger partial charge < -0.3 is 10.6 Å². The van der Waals surface area contributed by atoms with Crippen molar-refractivity contribution in [3.63, 3.8) is 0 Å². The number of amides is 1.